The van der Waals surface area contributed by atoms with E-state index in [-0.39, 0.29) is 6.04 Å². The van der Waals surface area contributed by atoms with Crippen molar-refractivity contribution >= 4 is 21.4 Å². The molecule has 1 aromatic heterocycles. The third-order valence-corrected chi connectivity index (χ3v) is 6.29. The number of hydrogen-bond donors (Lipinski definition) is 1. The van der Waals surface area contributed by atoms with E-state index >= 15 is 0 Å². The molecule has 2 heterocycles. The van der Waals surface area contributed by atoms with E-state index in [0.717, 1.165) is 5.01 Å². The summed E-state index contributed by atoms with van der Waals surface area (Å²) in [5.74, 6) is 0. The van der Waals surface area contributed by atoms with Gasteiger partial charge in [0, 0.05) is 25.7 Å². The van der Waals surface area contributed by atoms with Gasteiger partial charge in [0.05, 0.1) is 10.7 Å². The molecule has 0 aromatic carbocycles. The summed E-state index contributed by atoms with van der Waals surface area (Å²) in [6.07, 6.45) is 0. The van der Waals surface area contributed by atoms with Crippen LogP contribution in [0.5, 0.6) is 0 Å². The van der Waals surface area contributed by atoms with Gasteiger partial charge in [0.2, 0.25) is 0 Å². The summed E-state index contributed by atoms with van der Waals surface area (Å²) in [4.78, 5) is 4.19. The van der Waals surface area contributed by atoms with E-state index < -0.39 is 10.0 Å². The molecule has 0 aliphatic carbocycles. The highest BCUT2D eigenvalue weighted by molar-refractivity contribution is 7.91. The number of nitrogens with one attached hydrogen (secondary N) is 1. The Kier molecular flexibility index (Phi) is 3.53. The molecule has 1 saturated heterocycles. The average Bonchev–Trinajstić information content (AvgIpc) is 2.58. The third kappa shape index (κ3) is 2.52. The standard InChI is InChI=1S/C10H17N3O2S2/c1-7-6-13(5-4-11-7)17(14,15)10-8(2)12-9(3)16-10/h7,11H,4-6H2,1-3H3/t7-/m0/s1. The Balaban J connectivity index is 2.33. The fourth-order valence-corrected chi connectivity index (χ4v) is 5.13. The third-order valence-electron chi connectivity index (χ3n) is 2.77. The maximum absolute atomic E-state index is 12.4. The van der Waals surface area contributed by atoms with Crippen molar-refractivity contribution in [1.82, 2.24) is 14.6 Å². The molecule has 1 N–H and O–H groups in total. The molecule has 96 valence electrons. The average molecular weight is 275 g/mol. The maximum atomic E-state index is 12.4. The second kappa shape index (κ2) is 4.64. The lowest BCUT2D eigenvalue weighted by atomic mass is 10.3. The Bertz CT molecular complexity index is 510. The van der Waals surface area contributed by atoms with Crippen LogP contribution < -0.4 is 5.32 Å². The van der Waals surface area contributed by atoms with Crippen molar-refractivity contribution in [1.29, 1.82) is 0 Å². The summed E-state index contributed by atoms with van der Waals surface area (Å²) in [7, 11) is -3.36. The Hall–Kier alpha value is -0.500. The molecule has 1 aliphatic heterocycles. The first-order valence-electron chi connectivity index (χ1n) is 5.59. The van der Waals surface area contributed by atoms with Crippen LogP contribution in [0.25, 0.3) is 0 Å². The number of nitrogens with zero attached hydrogens (tertiary/aromatic N) is 2. The van der Waals surface area contributed by atoms with Crippen molar-refractivity contribution in [2.24, 2.45) is 0 Å². The lowest BCUT2D eigenvalue weighted by molar-refractivity contribution is 0.310. The zero-order chi connectivity index (χ0) is 12.6. The van der Waals surface area contributed by atoms with Crippen molar-refractivity contribution in [3.8, 4) is 0 Å². The zero-order valence-corrected chi connectivity index (χ0v) is 11.9. The van der Waals surface area contributed by atoms with E-state index in [9.17, 15) is 8.42 Å². The minimum atomic E-state index is -3.36. The predicted octanol–water partition coefficient (Wildman–Crippen LogP) is 0.742. The van der Waals surface area contributed by atoms with Gasteiger partial charge in [0.15, 0.2) is 4.21 Å². The van der Waals surface area contributed by atoms with E-state index in [4.69, 9.17) is 0 Å². The maximum Gasteiger partial charge on any atom is 0.254 e. The van der Waals surface area contributed by atoms with Crippen LogP contribution in [0.2, 0.25) is 0 Å². The summed E-state index contributed by atoms with van der Waals surface area (Å²) in [6, 6.07) is 0.202. The lowest BCUT2D eigenvalue weighted by Crippen LogP contribution is -2.51. The molecule has 0 spiro atoms. The minimum absolute atomic E-state index is 0.202. The number of sulfonamides is 1. The van der Waals surface area contributed by atoms with Gasteiger partial charge in [-0.25, -0.2) is 13.4 Å². The van der Waals surface area contributed by atoms with Gasteiger partial charge in [-0.2, -0.15) is 4.31 Å². The van der Waals surface area contributed by atoms with Gasteiger partial charge in [0.25, 0.3) is 10.0 Å². The van der Waals surface area contributed by atoms with Gasteiger partial charge in [0.1, 0.15) is 0 Å². The summed E-state index contributed by atoms with van der Waals surface area (Å²) in [5, 5.41) is 4.03. The number of thiazole rings is 1. The number of hydrogen-bond acceptors (Lipinski definition) is 5. The second-order valence-corrected chi connectivity index (χ2v) is 7.66. The molecule has 2 rings (SSSR count). The fraction of sp³-hybridized carbons (Fsp3) is 0.700. The number of aromatic nitrogens is 1. The van der Waals surface area contributed by atoms with Crippen LogP contribution in [0.4, 0.5) is 0 Å². The molecule has 1 atom stereocenters. The van der Waals surface area contributed by atoms with Crippen LogP contribution in [0.1, 0.15) is 17.6 Å². The monoisotopic (exact) mass is 275 g/mol. The molecular formula is C10H17N3O2S2. The fourth-order valence-electron chi connectivity index (χ4n) is 1.98. The Morgan fingerprint density at radius 2 is 2.18 bits per heavy atom. The second-order valence-electron chi connectivity index (χ2n) is 4.32. The molecule has 17 heavy (non-hydrogen) atoms. The van der Waals surface area contributed by atoms with Crippen molar-refractivity contribution in [2.45, 2.75) is 31.0 Å². The first kappa shape index (κ1) is 12.9. The van der Waals surface area contributed by atoms with Crippen LogP contribution in [-0.4, -0.2) is 43.4 Å². The number of aryl methyl sites for hydroxylation is 2. The van der Waals surface area contributed by atoms with Gasteiger partial charge in [-0.3, -0.25) is 0 Å². The van der Waals surface area contributed by atoms with E-state index in [0.29, 0.717) is 29.5 Å². The first-order valence-corrected chi connectivity index (χ1v) is 7.84. The minimum Gasteiger partial charge on any atom is -0.312 e. The highest BCUT2D eigenvalue weighted by Crippen LogP contribution is 2.26. The molecule has 0 amide bonds. The predicted molar refractivity (Wildman–Crippen MR) is 67.8 cm³/mol. The van der Waals surface area contributed by atoms with Crippen LogP contribution >= 0.6 is 11.3 Å². The Morgan fingerprint density at radius 3 is 2.71 bits per heavy atom. The summed E-state index contributed by atoms with van der Waals surface area (Å²) in [5.41, 5.74) is 0.610. The summed E-state index contributed by atoms with van der Waals surface area (Å²) < 4.78 is 26.8. The topological polar surface area (TPSA) is 62.3 Å². The Morgan fingerprint density at radius 1 is 1.47 bits per heavy atom. The van der Waals surface area contributed by atoms with Gasteiger partial charge >= 0.3 is 0 Å². The zero-order valence-electron chi connectivity index (χ0n) is 10.2. The number of piperazine rings is 1. The molecule has 1 fully saturated rings. The molecule has 0 radical (unpaired) electrons. The highest BCUT2D eigenvalue weighted by Gasteiger charge is 2.31. The summed E-state index contributed by atoms with van der Waals surface area (Å²) in [6.45, 7) is 7.34. The van der Waals surface area contributed by atoms with Crippen LogP contribution in [-0.2, 0) is 10.0 Å². The lowest BCUT2D eigenvalue weighted by Gasteiger charge is -2.30. The molecule has 1 aromatic rings. The van der Waals surface area contributed by atoms with E-state index in [1.54, 1.807) is 11.2 Å². The quantitative estimate of drug-likeness (QED) is 0.865. The van der Waals surface area contributed by atoms with Crippen LogP contribution in [0, 0.1) is 13.8 Å². The smallest absolute Gasteiger partial charge is 0.254 e. The van der Waals surface area contributed by atoms with Gasteiger partial charge < -0.3 is 5.32 Å². The molecule has 1 aliphatic rings. The van der Waals surface area contributed by atoms with Crippen molar-refractivity contribution in [3.63, 3.8) is 0 Å². The molecule has 0 unspecified atom stereocenters. The van der Waals surface area contributed by atoms with Crippen molar-refractivity contribution in [3.05, 3.63) is 10.7 Å². The van der Waals surface area contributed by atoms with E-state index in [1.807, 2.05) is 13.8 Å². The highest BCUT2D eigenvalue weighted by atomic mass is 32.2. The van der Waals surface area contributed by atoms with Crippen LogP contribution in [0.3, 0.4) is 0 Å². The van der Waals surface area contributed by atoms with Crippen molar-refractivity contribution in [2.75, 3.05) is 19.6 Å². The van der Waals surface area contributed by atoms with E-state index in [1.165, 1.54) is 11.3 Å². The SMILES string of the molecule is Cc1nc(C)c(S(=O)(=O)N2CCN[C@@H](C)C2)s1. The molecular weight excluding hydrogens is 258 g/mol. The van der Waals surface area contributed by atoms with Gasteiger partial charge in [-0.05, 0) is 20.8 Å². The largest absolute Gasteiger partial charge is 0.312 e. The molecule has 0 bridgehead atoms. The summed E-state index contributed by atoms with van der Waals surface area (Å²) >= 11 is 1.26. The van der Waals surface area contributed by atoms with Gasteiger partial charge in [-0.15, -0.1) is 11.3 Å². The van der Waals surface area contributed by atoms with E-state index in [2.05, 4.69) is 10.3 Å². The molecule has 0 saturated carbocycles. The van der Waals surface area contributed by atoms with Gasteiger partial charge in [-0.1, -0.05) is 0 Å². The normalized spacial score (nSPS) is 22.9. The van der Waals surface area contributed by atoms with Crippen molar-refractivity contribution < 1.29 is 8.42 Å². The Labute approximate surface area is 106 Å². The molecule has 7 heteroatoms. The van der Waals surface area contributed by atoms with Crippen LogP contribution in [0.15, 0.2) is 4.21 Å². The number of rotatable bonds is 2. The molecule has 5 nitrogen and oxygen atoms in total. The first-order chi connectivity index (χ1) is 7.91.